The Hall–Kier alpha value is -2.81. The number of aromatic nitrogens is 1. The van der Waals surface area contributed by atoms with Crippen LogP contribution in [0.25, 0.3) is 11.3 Å². The highest BCUT2D eigenvalue weighted by Crippen LogP contribution is 2.28. The second-order valence-corrected chi connectivity index (χ2v) is 7.59. The van der Waals surface area contributed by atoms with Crippen molar-refractivity contribution in [2.75, 3.05) is 5.32 Å². The average Bonchev–Trinajstić information content (AvgIpc) is 3.13. The first kappa shape index (κ1) is 20.9. The molecule has 0 aliphatic carbocycles. The molecule has 9 heteroatoms. The van der Waals surface area contributed by atoms with Crippen LogP contribution in [-0.4, -0.2) is 10.9 Å². The van der Waals surface area contributed by atoms with Crippen molar-refractivity contribution in [3.63, 3.8) is 0 Å². The monoisotopic (exact) mass is 426 g/mol. The van der Waals surface area contributed by atoms with Gasteiger partial charge in [-0.1, -0.05) is 38.1 Å². The third-order valence-corrected chi connectivity index (χ3v) is 4.81. The second kappa shape index (κ2) is 8.28. The fourth-order valence-corrected chi connectivity index (χ4v) is 3.43. The molecule has 0 saturated carbocycles. The number of nitrogens with one attached hydrogen (secondary N) is 1. The van der Waals surface area contributed by atoms with Crippen LogP contribution in [0.2, 0.25) is 0 Å². The van der Waals surface area contributed by atoms with Crippen molar-refractivity contribution in [2.24, 2.45) is 5.92 Å². The summed E-state index contributed by atoms with van der Waals surface area (Å²) in [4.78, 5) is 16.2. The molecule has 0 unspecified atom stereocenters. The molecule has 0 spiro atoms. The van der Waals surface area contributed by atoms with Gasteiger partial charge in [0.25, 0.3) is 5.91 Å². The molecule has 1 amide bonds. The Morgan fingerprint density at radius 2 is 1.52 bits per heavy atom. The van der Waals surface area contributed by atoms with E-state index in [0.717, 1.165) is 28.9 Å². The van der Waals surface area contributed by atoms with Gasteiger partial charge >= 0.3 is 0 Å². The minimum atomic E-state index is -2.33. The molecule has 3 rings (SSSR count). The number of amides is 1. The Morgan fingerprint density at radius 3 is 2.07 bits per heavy atom. The second-order valence-electron chi connectivity index (χ2n) is 6.73. The molecule has 0 radical (unpaired) electrons. The molecule has 0 fully saturated rings. The van der Waals surface area contributed by atoms with Crippen molar-refractivity contribution in [2.45, 2.75) is 20.3 Å². The first-order valence-corrected chi connectivity index (χ1v) is 9.44. The molecule has 3 nitrogen and oxygen atoms in total. The molecule has 29 heavy (non-hydrogen) atoms. The highest BCUT2D eigenvalue weighted by molar-refractivity contribution is 7.14. The summed E-state index contributed by atoms with van der Waals surface area (Å²) in [6.07, 6.45) is 0.917. The van der Waals surface area contributed by atoms with Crippen LogP contribution >= 0.6 is 11.3 Å². The third kappa shape index (κ3) is 4.29. The van der Waals surface area contributed by atoms with Crippen LogP contribution in [0.4, 0.5) is 27.1 Å². The first-order chi connectivity index (χ1) is 13.7. The number of anilines is 1. The van der Waals surface area contributed by atoms with Gasteiger partial charge in [0, 0.05) is 10.9 Å². The van der Waals surface area contributed by atoms with Crippen LogP contribution < -0.4 is 5.32 Å². The van der Waals surface area contributed by atoms with Gasteiger partial charge < -0.3 is 0 Å². The summed E-state index contributed by atoms with van der Waals surface area (Å²) in [5.74, 6) is -12.1. The number of carbonyl (C=O) groups excluding carboxylic acids is 1. The number of nitrogens with zero attached hydrogens (tertiary/aromatic N) is 1. The normalized spacial score (nSPS) is 11.2. The molecule has 1 aromatic heterocycles. The van der Waals surface area contributed by atoms with Crippen molar-refractivity contribution in [1.29, 1.82) is 0 Å². The van der Waals surface area contributed by atoms with Crippen LogP contribution in [0.1, 0.15) is 29.8 Å². The number of rotatable bonds is 5. The van der Waals surface area contributed by atoms with Crippen molar-refractivity contribution in [3.8, 4) is 11.3 Å². The molecule has 0 aliphatic heterocycles. The molecule has 0 atom stereocenters. The molecule has 0 aliphatic rings. The molecule has 152 valence electrons. The molecule has 1 N–H and O–H groups in total. The van der Waals surface area contributed by atoms with Gasteiger partial charge in [-0.3, -0.25) is 10.1 Å². The lowest BCUT2D eigenvalue weighted by atomic mass is 10.0. The van der Waals surface area contributed by atoms with Gasteiger partial charge in [-0.15, -0.1) is 11.3 Å². The van der Waals surface area contributed by atoms with Gasteiger partial charge in [-0.05, 0) is 17.9 Å². The SMILES string of the molecule is CC(C)Cc1ccc(-c2csc(NC(=O)c3c(F)c(F)c(F)c(F)c3F)n2)cc1. The number of hydrogen-bond donors (Lipinski definition) is 1. The number of thiazole rings is 1. The predicted molar refractivity (Wildman–Crippen MR) is 100 cm³/mol. The zero-order valence-electron chi connectivity index (χ0n) is 15.3. The maximum atomic E-state index is 13.8. The molecule has 0 bridgehead atoms. The minimum Gasteiger partial charge on any atom is -0.298 e. The van der Waals surface area contributed by atoms with Crippen LogP contribution in [0.5, 0.6) is 0 Å². The van der Waals surface area contributed by atoms with E-state index < -0.39 is 40.6 Å². The summed E-state index contributed by atoms with van der Waals surface area (Å²) in [6, 6.07) is 7.59. The minimum absolute atomic E-state index is 0.0415. The Labute approximate surface area is 167 Å². The molecule has 2 aromatic carbocycles. The van der Waals surface area contributed by atoms with Crippen LogP contribution in [0.15, 0.2) is 29.6 Å². The summed E-state index contributed by atoms with van der Waals surface area (Å²) in [5, 5.41) is 3.64. The van der Waals surface area contributed by atoms with E-state index in [2.05, 4.69) is 24.1 Å². The number of halogens is 5. The standard InChI is InChI=1S/C20H15F5N2OS/c1-9(2)7-10-3-5-11(6-4-10)12-8-29-20(26-12)27-19(28)13-14(21)16(23)18(25)17(24)15(13)22/h3-6,8-9H,7H2,1-2H3,(H,26,27,28). The van der Waals surface area contributed by atoms with Crippen LogP contribution in [0.3, 0.4) is 0 Å². The fourth-order valence-electron chi connectivity index (χ4n) is 2.71. The van der Waals surface area contributed by atoms with E-state index in [1.165, 1.54) is 0 Å². The summed E-state index contributed by atoms with van der Waals surface area (Å²) < 4.78 is 67.2. The van der Waals surface area contributed by atoms with Gasteiger partial charge in [-0.25, -0.2) is 26.9 Å². The van der Waals surface area contributed by atoms with Crippen molar-refractivity contribution < 1.29 is 26.7 Å². The largest absolute Gasteiger partial charge is 0.298 e. The van der Waals surface area contributed by atoms with E-state index >= 15 is 0 Å². The van der Waals surface area contributed by atoms with E-state index in [1.54, 1.807) is 5.38 Å². The Balaban J connectivity index is 1.81. The Morgan fingerprint density at radius 1 is 0.966 bits per heavy atom. The fraction of sp³-hybridized carbons (Fsp3) is 0.200. The van der Waals surface area contributed by atoms with Gasteiger partial charge in [0.15, 0.2) is 28.4 Å². The van der Waals surface area contributed by atoms with Gasteiger partial charge in [0.2, 0.25) is 5.82 Å². The molecule has 0 saturated heterocycles. The third-order valence-electron chi connectivity index (χ3n) is 4.06. The Kier molecular flexibility index (Phi) is 5.97. The zero-order valence-corrected chi connectivity index (χ0v) is 16.1. The smallest absolute Gasteiger partial charge is 0.263 e. The summed E-state index contributed by atoms with van der Waals surface area (Å²) in [7, 11) is 0. The Bertz CT molecular complexity index is 1030. The molecule has 1 heterocycles. The highest BCUT2D eigenvalue weighted by Gasteiger charge is 2.30. The van der Waals surface area contributed by atoms with Gasteiger partial charge in [0.05, 0.1) is 5.69 Å². The lowest BCUT2D eigenvalue weighted by Crippen LogP contribution is -2.19. The van der Waals surface area contributed by atoms with Crippen molar-refractivity contribution >= 4 is 22.4 Å². The maximum absolute atomic E-state index is 13.8. The van der Waals surface area contributed by atoms with E-state index in [0.29, 0.717) is 11.6 Å². The molecule has 3 aromatic rings. The summed E-state index contributed by atoms with van der Waals surface area (Å²) >= 11 is 0.956. The summed E-state index contributed by atoms with van der Waals surface area (Å²) in [6.45, 7) is 4.21. The van der Waals surface area contributed by atoms with Gasteiger partial charge in [0.1, 0.15) is 5.56 Å². The first-order valence-electron chi connectivity index (χ1n) is 8.56. The molecular formula is C20H15F5N2OS. The highest BCUT2D eigenvalue weighted by atomic mass is 32.1. The quantitative estimate of drug-likeness (QED) is 0.311. The van der Waals surface area contributed by atoms with E-state index in [-0.39, 0.29) is 5.13 Å². The molecular weight excluding hydrogens is 411 g/mol. The number of benzene rings is 2. The summed E-state index contributed by atoms with van der Waals surface area (Å²) in [5.41, 5.74) is 0.847. The number of hydrogen-bond acceptors (Lipinski definition) is 3. The number of carbonyl (C=O) groups is 1. The van der Waals surface area contributed by atoms with E-state index in [1.807, 2.05) is 24.3 Å². The van der Waals surface area contributed by atoms with Crippen molar-refractivity contribution in [3.05, 3.63) is 69.9 Å². The van der Waals surface area contributed by atoms with E-state index in [4.69, 9.17) is 0 Å². The predicted octanol–water partition coefficient (Wildman–Crippen LogP) is 5.96. The zero-order chi connectivity index (χ0) is 21.3. The average molecular weight is 426 g/mol. The van der Waals surface area contributed by atoms with Crippen molar-refractivity contribution in [1.82, 2.24) is 4.98 Å². The van der Waals surface area contributed by atoms with Gasteiger partial charge in [-0.2, -0.15) is 0 Å². The maximum Gasteiger partial charge on any atom is 0.263 e. The van der Waals surface area contributed by atoms with E-state index in [9.17, 15) is 26.7 Å². The topological polar surface area (TPSA) is 42.0 Å². The lowest BCUT2D eigenvalue weighted by Gasteiger charge is -2.07. The van der Waals surface area contributed by atoms with Crippen LogP contribution in [-0.2, 0) is 6.42 Å². The van der Waals surface area contributed by atoms with Crippen LogP contribution in [0, 0.1) is 35.0 Å². The lowest BCUT2D eigenvalue weighted by molar-refractivity contribution is 0.101.